The summed E-state index contributed by atoms with van der Waals surface area (Å²) in [4.78, 5) is 1.31. The Labute approximate surface area is 80.5 Å². The van der Waals surface area contributed by atoms with Gasteiger partial charge in [-0.25, -0.2) is 11.8 Å². The SMILES string of the molecule is CSc1c[c-]sc1.[Zn+][Br]. The minimum absolute atomic E-state index is 1.19. The van der Waals surface area contributed by atoms with E-state index < -0.39 is 0 Å². The molecule has 0 atom stereocenters. The molecule has 0 nitrogen and oxygen atoms in total. The molecule has 0 unspecified atom stereocenters. The Morgan fingerprint density at radius 2 is 2.44 bits per heavy atom. The fraction of sp³-hybridized carbons (Fsp3) is 0.200. The summed E-state index contributed by atoms with van der Waals surface area (Å²) >= 11 is 7.62. The Morgan fingerprint density at radius 1 is 1.78 bits per heavy atom. The molecule has 0 bridgehead atoms. The van der Waals surface area contributed by atoms with E-state index in [2.05, 4.69) is 30.6 Å². The van der Waals surface area contributed by atoms with E-state index in [0.29, 0.717) is 0 Å². The number of halogens is 1. The quantitative estimate of drug-likeness (QED) is 0.431. The van der Waals surface area contributed by atoms with Gasteiger partial charge in [-0.3, -0.25) is 0 Å². The predicted molar refractivity (Wildman–Crippen MR) is 43.9 cm³/mol. The van der Waals surface area contributed by atoms with Gasteiger partial charge in [0.25, 0.3) is 0 Å². The molecule has 0 aromatic carbocycles. The average molecular weight is 275 g/mol. The molecule has 0 saturated heterocycles. The summed E-state index contributed by atoms with van der Waals surface area (Å²) in [5.74, 6) is 0. The summed E-state index contributed by atoms with van der Waals surface area (Å²) in [6.45, 7) is 0. The number of thiophene rings is 1. The summed E-state index contributed by atoms with van der Waals surface area (Å²) in [7, 11) is 0. The van der Waals surface area contributed by atoms with Crippen molar-refractivity contribution < 1.29 is 16.3 Å². The van der Waals surface area contributed by atoms with Gasteiger partial charge in [0, 0.05) is 0 Å². The van der Waals surface area contributed by atoms with Gasteiger partial charge in [0.1, 0.15) is 0 Å². The summed E-state index contributed by atoms with van der Waals surface area (Å²) in [6, 6.07) is 2.00. The van der Waals surface area contributed by atoms with E-state index in [1.54, 1.807) is 23.1 Å². The van der Waals surface area contributed by atoms with Crippen LogP contribution in [0.3, 0.4) is 0 Å². The van der Waals surface area contributed by atoms with E-state index in [0.717, 1.165) is 0 Å². The molecule has 0 aliphatic rings. The fourth-order valence-electron chi connectivity index (χ4n) is 0.325. The molecule has 0 radical (unpaired) electrons. The normalized spacial score (nSPS) is 8.00. The molecule has 0 saturated carbocycles. The van der Waals surface area contributed by atoms with Gasteiger partial charge in [0.2, 0.25) is 0 Å². The van der Waals surface area contributed by atoms with Crippen LogP contribution in [0.15, 0.2) is 16.3 Å². The molecule has 0 amide bonds. The zero-order valence-corrected chi connectivity index (χ0v) is 11.2. The van der Waals surface area contributed by atoms with E-state index >= 15 is 0 Å². The number of rotatable bonds is 1. The van der Waals surface area contributed by atoms with Crippen LogP contribution in [0.5, 0.6) is 0 Å². The van der Waals surface area contributed by atoms with Crippen LogP contribution < -0.4 is 0 Å². The Bertz CT molecular complexity index is 130. The molecular formula is C5H5BrS2Zn. The van der Waals surface area contributed by atoms with E-state index in [1.807, 2.05) is 6.07 Å². The van der Waals surface area contributed by atoms with Crippen molar-refractivity contribution in [3.63, 3.8) is 0 Å². The van der Waals surface area contributed by atoms with Gasteiger partial charge in [0.05, 0.1) is 0 Å². The number of thioether (sulfide) groups is 1. The molecule has 1 aromatic heterocycles. The van der Waals surface area contributed by atoms with Crippen LogP contribution in [0, 0.1) is 5.38 Å². The van der Waals surface area contributed by atoms with Crippen molar-refractivity contribution in [2.24, 2.45) is 0 Å². The topological polar surface area (TPSA) is 0 Å². The zero-order chi connectivity index (χ0) is 7.11. The minimum atomic E-state index is 1.19. The van der Waals surface area contributed by atoms with Crippen LogP contribution in [0.2, 0.25) is 0 Å². The van der Waals surface area contributed by atoms with Crippen molar-refractivity contribution in [3.05, 3.63) is 16.8 Å². The Morgan fingerprint density at radius 3 is 2.67 bits per heavy atom. The average Bonchev–Trinajstić information content (AvgIpc) is 2.43. The van der Waals surface area contributed by atoms with E-state index in [-0.39, 0.29) is 0 Å². The first kappa shape index (κ1) is 10.2. The first-order valence-electron chi connectivity index (χ1n) is 2.19. The third kappa shape index (κ3) is 4.54. The van der Waals surface area contributed by atoms with Crippen molar-refractivity contribution in [1.29, 1.82) is 0 Å². The molecule has 46 valence electrons. The zero-order valence-electron chi connectivity index (χ0n) is 5.06. The van der Waals surface area contributed by atoms with Crippen molar-refractivity contribution in [1.82, 2.24) is 0 Å². The number of hydrogen-bond acceptors (Lipinski definition) is 2. The number of hydrogen-bond donors (Lipinski definition) is 0. The van der Waals surface area contributed by atoms with Crippen molar-refractivity contribution in [3.8, 4) is 0 Å². The molecule has 1 aromatic rings. The Hall–Kier alpha value is 1.15. The first-order chi connectivity index (χ1) is 4.43. The van der Waals surface area contributed by atoms with Gasteiger partial charge in [-0.05, 0) is 6.26 Å². The second kappa shape index (κ2) is 7.26. The van der Waals surface area contributed by atoms with Crippen LogP contribution in [0.25, 0.3) is 0 Å². The van der Waals surface area contributed by atoms with E-state index in [4.69, 9.17) is 0 Å². The van der Waals surface area contributed by atoms with Crippen molar-refractivity contribution >= 4 is 36.7 Å². The van der Waals surface area contributed by atoms with E-state index in [1.165, 1.54) is 21.2 Å². The first-order valence-corrected chi connectivity index (χ1v) is 11.2. The maximum atomic E-state index is 3.06. The second-order valence-electron chi connectivity index (χ2n) is 1.10. The van der Waals surface area contributed by atoms with Gasteiger partial charge >= 0.3 is 30.0 Å². The molecule has 1 rings (SSSR count). The summed E-state index contributed by atoms with van der Waals surface area (Å²) in [5, 5.41) is 5.09. The van der Waals surface area contributed by atoms with Crippen LogP contribution in [0.1, 0.15) is 0 Å². The second-order valence-corrected chi connectivity index (χ2v) is 2.69. The monoisotopic (exact) mass is 272 g/mol. The molecular weight excluding hydrogens is 269 g/mol. The molecule has 0 fully saturated rings. The molecule has 4 heteroatoms. The summed E-state index contributed by atoms with van der Waals surface area (Å²) < 4.78 is 0. The van der Waals surface area contributed by atoms with Crippen LogP contribution in [-0.4, -0.2) is 6.26 Å². The van der Waals surface area contributed by atoms with Crippen LogP contribution in [-0.2, 0) is 16.3 Å². The molecule has 9 heavy (non-hydrogen) atoms. The van der Waals surface area contributed by atoms with Gasteiger partial charge in [-0.2, -0.15) is 6.07 Å². The third-order valence-corrected chi connectivity index (χ3v) is 2.16. The van der Waals surface area contributed by atoms with Gasteiger partial charge in [0.15, 0.2) is 0 Å². The Balaban J connectivity index is 0.000000291. The molecule has 1 heterocycles. The molecule has 0 spiro atoms. The van der Waals surface area contributed by atoms with Gasteiger partial charge in [-0.15, -0.1) is 15.7 Å². The molecule has 0 N–H and O–H groups in total. The van der Waals surface area contributed by atoms with Crippen LogP contribution >= 0.6 is 36.7 Å². The summed E-state index contributed by atoms with van der Waals surface area (Å²) in [5.41, 5.74) is 0. The third-order valence-electron chi connectivity index (χ3n) is 0.680. The Kier molecular flexibility index (Phi) is 8.19. The fourth-order valence-corrected chi connectivity index (χ4v) is 1.55. The van der Waals surface area contributed by atoms with Crippen LogP contribution in [0.4, 0.5) is 0 Å². The van der Waals surface area contributed by atoms with Crippen molar-refractivity contribution in [2.75, 3.05) is 6.26 Å². The van der Waals surface area contributed by atoms with Crippen molar-refractivity contribution in [2.45, 2.75) is 4.90 Å². The summed E-state index contributed by atoms with van der Waals surface area (Å²) in [6.07, 6.45) is 2.07. The van der Waals surface area contributed by atoms with Gasteiger partial charge < -0.3 is 11.3 Å². The maximum absolute atomic E-state index is 3.06. The predicted octanol–water partition coefficient (Wildman–Crippen LogP) is 3.11. The molecule has 0 aliphatic carbocycles. The standard InChI is InChI=1S/C5H5S2.BrH.Zn/c1-6-5-2-3-7-4-5;;/h2,4H,1H3;1H;/q-1;;+2/p-1. The van der Waals surface area contributed by atoms with E-state index in [9.17, 15) is 0 Å². The van der Waals surface area contributed by atoms with Gasteiger partial charge in [-0.1, -0.05) is 0 Å². The molecule has 0 aliphatic heterocycles.